The zero-order valence-electron chi connectivity index (χ0n) is 11.0. The van der Waals surface area contributed by atoms with Crippen LogP contribution in [0.2, 0.25) is 0 Å². The van der Waals surface area contributed by atoms with Crippen LogP contribution < -0.4 is 10.6 Å². The quantitative estimate of drug-likeness (QED) is 0.597. The SMILES string of the molecule is CCCNC(=O)CCNc1nc2sccn2c1[N+](=O)[O-]. The number of aromatic nitrogens is 2. The molecule has 0 aromatic carbocycles. The molecule has 0 saturated carbocycles. The predicted octanol–water partition coefficient (Wildman–Crippen LogP) is 1.63. The maximum absolute atomic E-state index is 11.4. The number of thiazole rings is 1. The molecule has 2 heterocycles. The number of fused-ring (bicyclic) bond motifs is 1. The lowest BCUT2D eigenvalue weighted by Gasteiger charge is -2.04. The molecule has 0 fully saturated rings. The first-order chi connectivity index (χ1) is 9.63. The van der Waals surface area contributed by atoms with Crippen LogP contribution >= 0.6 is 11.3 Å². The molecule has 9 heteroatoms. The lowest BCUT2D eigenvalue weighted by atomic mass is 10.3. The van der Waals surface area contributed by atoms with Crippen molar-refractivity contribution in [3.05, 3.63) is 21.7 Å². The largest absolute Gasteiger partial charge is 0.372 e. The first kappa shape index (κ1) is 14.3. The van der Waals surface area contributed by atoms with Gasteiger partial charge >= 0.3 is 5.82 Å². The van der Waals surface area contributed by atoms with E-state index in [9.17, 15) is 14.9 Å². The second-order valence-electron chi connectivity index (χ2n) is 4.12. The number of hydrogen-bond donors (Lipinski definition) is 2. The van der Waals surface area contributed by atoms with Gasteiger partial charge in [0, 0.05) is 24.9 Å². The number of nitrogens with zero attached hydrogens (tertiary/aromatic N) is 3. The predicted molar refractivity (Wildman–Crippen MR) is 76.1 cm³/mol. The molecule has 108 valence electrons. The van der Waals surface area contributed by atoms with Crippen LogP contribution in [0.15, 0.2) is 11.6 Å². The van der Waals surface area contributed by atoms with Gasteiger partial charge in [0.2, 0.25) is 11.7 Å². The molecule has 0 saturated heterocycles. The molecule has 2 rings (SSSR count). The number of anilines is 1. The summed E-state index contributed by atoms with van der Waals surface area (Å²) in [6, 6.07) is 0. The Morgan fingerprint density at radius 1 is 1.55 bits per heavy atom. The molecule has 8 nitrogen and oxygen atoms in total. The van der Waals surface area contributed by atoms with E-state index in [1.807, 2.05) is 6.92 Å². The number of nitro groups is 1. The van der Waals surface area contributed by atoms with Gasteiger partial charge in [0.1, 0.15) is 6.20 Å². The van der Waals surface area contributed by atoms with E-state index in [2.05, 4.69) is 15.6 Å². The number of amides is 1. The van der Waals surface area contributed by atoms with Crippen molar-refractivity contribution in [3.63, 3.8) is 0 Å². The van der Waals surface area contributed by atoms with E-state index in [0.29, 0.717) is 18.1 Å². The number of carbonyl (C=O) groups is 1. The van der Waals surface area contributed by atoms with E-state index in [1.165, 1.54) is 15.7 Å². The summed E-state index contributed by atoms with van der Waals surface area (Å²) in [5.74, 6) is 0.0170. The van der Waals surface area contributed by atoms with Crippen LogP contribution in [-0.2, 0) is 4.79 Å². The number of carbonyl (C=O) groups excluding carboxylic acids is 1. The van der Waals surface area contributed by atoms with Gasteiger partial charge < -0.3 is 20.7 Å². The van der Waals surface area contributed by atoms with Gasteiger partial charge in [0.25, 0.3) is 4.96 Å². The molecule has 2 aromatic rings. The summed E-state index contributed by atoms with van der Waals surface area (Å²) in [4.78, 5) is 26.7. The van der Waals surface area contributed by atoms with Crippen molar-refractivity contribution >= 4 is 33.8 Å². The topological polar surface area (TPSA) is 102 Å². The fourth-order valence-corrected chi connectivity index (χ4v) is 2.42. The Hall–Kier alpha value is -2.16. The maximum atomic E-state index is 11.4. The lowest BCUT2D eigenvalue weighted by molar-refractivity contribution is -0.389. The molecular weight excluding hydrogens is 282 g/mol. The van der Waals surface area contributed by atoms with Crippen molar-refractivity contribution in [3.8, 4) is 0 Å². The molecule has 0 aliphatic heterocycles. The van der Waals surface area contributed by atoms with Gasteiger partial charge in [-0.3, -0.25) is 4.79 Å². The van der Waals surface area contributed by atoms with Gasteiger partial charge in [-0.25, -0.2) is 0 Å². The third-order valence-electron chi connectivity index (χ3n) is 2.63. The van der Waals surface area contributed by atoms with Crippen LogP contribution in [0, 0.1) is 10.1 Å². The van der Waals surface area contributed by atoms with Crippen LogP contribution in [0.5, 0.6) is 0 Å². The number of hydrogen-bond acceptors (Lipinski definition) is 6. The van der Waals surface area contributed by atoms with Gasteiger partial charge in [-0.1, -0.05) is 18.3 Å². The van der Waals surface area contributed by atoms with Gasteiger partial charge in [0.05, 0.1) is 0 Å². The molecule has 0 bridgehead atoms. The van der Waals surface area contributed by atoms with Crippen molar-refractivity contribution in [1.82, 2.24) is 14.7 Å². The Labute approximate surface area is 119 Å². The number of imidazole rings is 1. The number of rotatable bonds is 7. The van der Waals surface area contributed by atoms with E-state index in [1.54, 1.807) is 11.6 Å². The smallest absolute Gasteiger partial charge is 0.362 e. The Morgan fingerprint density at radius 2 is 2.35 bits per heavy atom. The van der Waals surface area contributed by atoms with Crippen molar-refractivity contribution in [2.75, 3.05) is 18.4 Å². The number of nitrogens with one attached hydrogen (secondary N) is 2. The van der Waals surface area contributed by atoms with Gasteiger partial charge in [0.15, 0.2) is 0 Å². The normalized spacial score (nSPS) is 10.7. The second kappa shape index (κ2) is 6.33. The first-order valence-corrected chi connectivity index (χ1v) is 7.12. The minimum Gasteiger partial charge on any atom is -0.362 e. The van der Waals surface area contributed by atoms with Crippen molar-refractivity contribution < 1.29 is 9.72 Å². The van der Waals surface area contributed by atoms with Gasteiger partial charge in [-0.2, -0.15) is 9.38 Å². The molecule has 0 atom stereocenters. The van der Waals surface area contributed by atoms with Crippen LogP contribution in [-0.4, -0.2) is 33.3 Å². The highest BCUT2D eigenvalue weighted by molar-refractivity contribution is 7.15. The van der Waals surface area contributed by atoms with E-state index < -0.39 is 4.92 Å². The standard InChI is InChI=1S/C11H15N5O3S/c1-2-4-12-8(17)3-5-13-9-10(16(18)19)15-6-7-20-11(15)14-9/h6-7,13H,2-5H2,1H3,(H,12,17). The summed E-state index contributed by atoms with van der Waals surface area (Å²) in [6.07, 6.45) is 2.73. The second-order valence-corrected chi connectivity index (χ2v) is 5.00. The monoisotopic (exact) mass is 297 g/mol. The molecule has 0 radical (unpaired) electrons. The third kappa shape index (κ3) is 3.05. The zero-order chi connectivity index (χ0) is 14.5. The Kier molecular flexibility index (Phi) is 4.51. The van der Waals surface area contributed by atoms with E-state index in [4.69, 9.17) is 0 Å². The first-order valence-electron chi connectivity index (χ1n) is 6.24. The summed E-state index contributed by atoms with van der Waals surface area (Å²) in [6.45, 7) is 2.92. The van der Waals surface area contributed by atoms with Gasteiger partial charge in [-0.05, 0) is 11.3 Å². The molecule has 2 aromatic heterocycles. The maximum Gasteiger partial charge on any atom is 0.372 e. The summed E-state index contributed by atoms with van der Waals surface area (Å²) in [5, 5.41) is 18.4. The van der Waals surface area contributed by atoms with E-state index >= 15 is 0 Å². The van der Waals surface area contributed by atoms with E-state index in [-0.39, 0.29) is 24.0 Å². The molecule has 0 spiro atoms. The Balaban J connectivity index is 1.99. The molecule has 0 aliphatic rings. The Bertz CT molecular complexity index is 621. The molecular formula is C11H15N5O3S. The molecule has 20 heavy (non-hydrogen) atoms. The van der Waals surface area contributed by atoms with Crippen LogP contribution in [0.1, 0.15) is 19.8 Å². The van der Waals surface area contributed by atoms with Crippen LogP contribution in [0.25, 0.3) is 4.96 Å². The average Bonchev–Trinajstić information content (AvgIpc) is 2.95. The summed E-state index contributed by atoms with van der Waals surface area (Å²) < 4.78 is 1.42. The molecule has 0 unspecified atom stereocenters. The molecule has 2 N–H and O–H groups in total. The van der Waals surface area contributed by atoms with Gasteiger partial charge in [-0.15, -0.1) is 0 Å². The minimum atomic E-state index is -0.480. The van der Waals surface area contributed by atoms with E-state index in [0.717, 1.165) is 6.42 Å². The highest BCUT2D eigenvalue weighted by Crippen LogP contribution is 2.27. The molecule has 1 amide bonds. The van der Waals surface area contributed by atoms with Crippen LogP contribution in [0.3, 0.4) is 0 Å². The summed E-state index contributed by atoms with van der Waals surface area (Å²) >= 11 is 1.32. The summed E-state index contributed by atoms with van der Waals surface area (Å²) in [7, 11) is 0. The highest BCUT2D eigenvalue weighted by Gasteiger charge is 2.23. The summed E-state index contributed by atoms with van der Waals surface area (Å²) in [5.41, 5.74) is 0. The van der Waals surface area contributed by atoms with Crippen molar-refractivity contribution in [1.29, 1.82) is 0 Å². The third-order valence-corrected chi connectivity index (χ3v) is 3.38. The highest BCUT2D eigenvalue weighted by atomic mass is 32.1. The zero-order valence-corrected chi connectivity index (χ0v) is 11.8. The Morgan fingerprint density at radius 3 is 3.05 bits per heavy atom. The lowest BCUT2D eigenvalue weighted by Crippen LogP contribution is -2.26. The fourth-order valence-electron chi connectivity index (χ4n) is 1.71. The molecule has 0 aliphatic carbocycles. The fraction of sp³-hybridized carbons (Fsp3) is 0.455. The minimum absolute atomic E-state index is 0.0805. The van der Waals surface area contributed by atoms with Crippen molar-refractivity contribution in [2.45, 2.75) is 19.8 Å². The van der Waals surface area contributed by atoms with Crippen molar-refractivity contribution in [2.24, 2.45) is 0 Å². The average molecular weight is 297 g/mol. The van der Waals surface area contributed by atoms with Crippen LogP contribution in [0.4, 0.5) is 11.6 Å².